The summed E-state index contributed by atoms with van der Waals surface area (Å²) in [5.41, 5.74) is 0.452. The van der Waals surface area contributed by atoms with Gasteiger partial charge in [-0.25, -0.2) is 5.10 Å². The van der Waals surface area contributed by atoms with Gasteiger partial charge in [0.2, 0.25) is 5.91 Å². The number of hydrogen-bond donors (Lipinski definition) is 2. The number of rotatable bonds is 6. The summed E-state index contributed by atoms with van der Waals surface area (Å²) >= 11 is 0. The van der Waals surface area contributed by atoms with Crippen molar-refractivity contribution in [3.8, 4) is 17.2 Å². The smallest absolute Gasteiger partial charge is 0.416 e. The van der Waals surface area contributed by atoms with E-state index >= 15 is 0 Å². The number of ether oxygens (including phenoxy) is 3. The molecular weight excluding hydrogens is 429 g/mol. The summed E-state index contributed by atoms with van der Waals surface area (Å²) in [6.07, 6.45) is -4.39. The highest BCUT2D eigenvalue weighted by Crippen LogP contribution is 2.39. The first-order valence-corrected chi connectivity index (χ1v) is 9.55. The van der Waals surface area contributed by atoms with Gasteiger partial charge in [-0.3, -0.25) is 4.79 Å². The molecule has 0 saturated carbocycles. The van der Waals surface area contributed by atoms with E-state index in [1.165, 1.54) is 26.4 Å². The summed E-state index contributed by atoms with van der Waals surface area (Å²) in [5, 5.41) is 13.1. The Balaban J connectivity index is 1.59. The third kappa shape index (κ3) is 4.18. The molecule has 168 valence electrons. The zero-order valence-corrected chi connectivity index (χ0v) is 17.1. The van der Waals surface area contributed by atoms with Crippen LogP contribution in [0.15, 0.2) is 36.4 Å². The summed E-state index contributed by atoms with van der Waals surface area (Å²) in [4.78, 5) is 12.0. The van der Waals surface area contributed by atoms with Gasteiger partial charge in [0, 0.05) is 17.9 Å². The minimum atomic E-state index is -4.56. The van der Waals surface area contributed by atoms with Crippen molar-refractivity contribution in [2.45, 2.75) is 25.1 Å². The van der Waals surface area contributed by atoms with Crippen LogP contribution < -0.4 is 19.5 Å². The second kappa shape index (κ2) is 8.40. The lowest BCUT2D eigenvalue weighted by Crippen LogP contribution is -2.23. The van der Waals surface area contributed by atoms with Crippen LogP contribution >= 0.6 is 0 Å². The fourth-order valence-electron chi connectivity index (χ4n) is 3.57. The van der Waals surface area contributed by atoms with Crippen molar-refractivity contribution in [1.82, 2.24) is 15.4 Å². The third-order valence-corrected chi connectivity index (χ3v) is 5.16. The Morgan fingerprint density at radius 2 is 1.91 bits per heavy atom. The molecule has 4 rings (SSSR count). The molecule has 0 bridgehead atoms. The zero-order valence-electron chi connectivity index (χ0n) is 17.1. The van der Waals surface area contributed by atoms with Crippen molar-refractivity contribution < 1.29 is 32.2 Å². The number of carbonyl (C=O) groups excluding carboxylic acids is 1. The number of H-pyrrole nitrogens is 1. The number of carbonyl (C=O) groups is 1. The van der Waals surface area contributed by atoms with E-state index in [0.717, 1.165) is 11.6 Å². The molecule has 1 amide bonds. The first-order chi connectivity index (χ1) is 15.3. The van der Waals surface area contributed by atoms with E-state index in [-0.39, 0.29) is 41.9 Å². The third-order valence-electron chi connectivity index (χ3n) is 5.16. The van der Waals surface area contributed by atoms with Gasteiger partial charge >= 0.3 is 6.18 Å². The van der Waals surface area contributed by atoms with Gasteiger partial charge in [-0.1, -0.05) is 17.3 Å². The van der Waals surface area contributed by atoms with Gasteiger partial charge < -0.3 is 19.5 Å². The quantitative estimate of drug-likeness (QED) is 0.594. The zero-order chi connectivity index (χ0) is 22.9. The molecule has 0 fully saturated rings. The number of benzene rings is 2. The van der Waals surface area contributed by atoms with Gasteiger partial charge in [-0.2, -0.15) is 13.2 Å². The molecule has 32 heavy (non-hydrogen) atoms. The number of aromatic amines is 1. The molecule has 1 aliphatic rings. The second-order valence-corrected chi connectivity index (χ2v) is 7.10. The van der Waals surface area contributed by atoms with Crippen LogP contribution in [-0.4, -0.2) is 35.5 Å². The molecule has 0 radical (unpaired) electrons. The number of methoxy groups -OCH3 is 2. The molecule has 3 aromatic rings. The Bertz CT molecular complexity index is 1150. The molecule has 0 saturated heterocycles. The number of fused-ring (bicyclic) bond motifs is 1. The average Bonchev–Trinajstić information content (AvgIpc) is 3.24. The molecule has 1 aliphatic heterocycles. The minimum Gasteiger partial charge on any atom is -0.497 e. The lowest BCUT2D eigenvalue weighted by molar-refractivity contribution is -0.138. The van der Waals surface area contributed by atoms with Gasteiger partial charge in [0.25, 0.3) is 0 Å². The summed E-state index contributed by atoms with van der Waals surface area (Å²) in [5.74, 6) is 0.587. The topological polar surface area (TPSA) is 98.4 Å². The molecule has 8 nitrogen and oxygen atoms in total. The van der Waals surface area contributed by atoms with E-state index in [9.17, 15) is 18.0 Å². The van der Waals surface area contributed by atoms with E-state index in [2.05, 4.69) is 20.7 Å². The molecule has 1 unspecified atom stereocenters. The van der Waals surface area contributed by atoms with E-state index in [1.807, 2.05) is 0 Å². The lowest BCUT2D eigenvalue weighted by atomic mass is 9.89. The predicted octanol–water partition coefficient (Wildman–Crippen LogP) is 3.89. The first kappa shape index (κ1) is 21.5. The normalized spacial score (nSPS) is 15.7. The van der Waals surface area contributed by atoms with Crippen molar-refractivity contribution in [2.24, 2.45) is 0 Å². The minimum absolute atomic E-state index is 0.0411. The van der Waals surface area contributed by atoms with Crippen LogP contribution in [0.2, 0.25) is 0 Å². The van der Waals surface area contributed by atoms with E-state index in [0.29, 0.717) is 17.3 Å². The highest BCUT2D eigenvalue weighted by atomic mass is 19.4. The maximum Gasteiger partial charge on any atom is 0.416 e. The Labute approximate surface area is 180 Å². The number of aromatic nitrogens is 3. The van der Waals surface area contributed by atoms with Crippen LogP contribution in [0.3, 0.4) is 0 Å². The Kier molecular flexibility index (Phi) is 5.64. The van der Waals surface area contributed by atoms with E-state index < -0.39 is 11.7 Å². The monoisotopic (exact) mass is 448 g/mol. The Morgan fingerprint density at radius 1 is 1.09 bits per heavy atom. The second-order valence-electron chi connectivity index (χ2n) is 7.10. The predicted molar refractivity (Wildman–Crippen MR) is 107 cm³/mol. The maximum atomic E-state index is 13.4. The molecule has 0 aliphatic carbocycles. The summed E-state index contributed by atoms with van der Waals surface area (Å²) in [7, 11) is 2.73. The highest BCUT2D eigenvalue weighted by molar-refractivity contribution is 5.93. The number of alkyl halides is 3. The van der Waals surface area contributed by atoms with Crippen molar-refractivity contribution >= 4 is 11.7 Å². The van der Waals surface area contributed by atoms with E-state index in [1.54, 1.807) is 18.2 Å². The molecular formula is C21H19F3N4O4. The van der Waals surface area contributed by atoms with Gasteiger partial charge in [0.1, 0.15) is 18.1 Å². The van der Waals surface area contributed by atoms with Crippen LogP contribution in [0.1, 0.15) is 34.7 Å². The van der Waals surface area contributed by atoms with Gasteiger partial charge in [0.15, 0.2) is 17.3 Å². The van der Waals surface area contributed by atoms with Crippen LogP contribution in [-0.2, 0) is 17.6 Å². The summed E-state index contributed by atoms with van der Waals surface area (Å²) < 4.78 is 56.3. The van der Waals surface area contributed by atoms with Crippen molar-refractivity contribution in [1.29, 1.82) is 0 Å². The van der Waals surface area contributed by atoms with Crippen molar-refractivity contribution in [2.75, 3.05) is 19.5 Å². The van der Waals surface area contributed by atoms with Crippen LogP contribution in [0, 0.1) is 0 Å². The molecule has 2 N–H and O–H groups in total. The number of nitrogens with zero attached hydrogens (tertiary/aromatic N) is 2. The number of halogens is 3. The standard InChI is InChI=1S/C21H19F3N4O4/c1-30-13-5-3-12(15(8-13)21(22,23)24)10-32-16-6-4-11(7-17(16)31-2)14-9-18(29)25-20-19(14)26-28-27-20/h3-8,14H,9-10H2,1-2H3,(H2,25,26,27,28,29). The Morgan fingerprint density at radius 3 is 2.62 bits per heavy atom. The van der Waals surface area contributed by atoms with Crippen molar-refractivity contribution in [3.63, 3.8) is 0 Å². The molecule has 1 aromatic heterocycles. The summed E-state index contributed by atoms with van der Waals surface area (Å²) in [6.45, 7) is -0.326. The highest BCUT2D eigenvalue weighted by Gasteiger charge is 2.34. The number of anilines is 1. The van der Waals surface area contributed by atoms with Crippen molar-refractivity contribution in [3.05, 3.63) is 58.8 Å². The van der Waals surface area contributed by atoms with E-state index in [4.69, 9.17) is 14.2 Å². The van der Waals surface area contributed by atoms with Crippen LogP contribution in [0.5, 0.6) is 17.2 Å². The largest absolute Gasteiger partial charge is 0.497 e. The van der Waals surface area contributed by atoms with Gasteiger partial charge in [0.05, 0.1) is 19.8 Å². The molecule has 0 spiro atoms. The number of nitrogens with one attached hydrogen (secondary N) is 2. The molecule has 2 heterocycles. The molecule has 1 atom stereocenters. The fourth-order valence-corrected chi connectivity index (χ4v) is 3.57. The van der Waals surface area contributed by atoms with Crippen LogP contribution in [0.25, 0.3) is 0 Å². The molecule has 2 aromatic carbocycles. The SMILES string of the molecule is COc1ccc(COc2ccc(C3CC(=O)Nc4[nH]nnc43)cc2OC)c(C(F)(F)F)c1. The van der Waals surface area contributed by atoms with Gasteiger partial charge in [-0.05, 0) is 29.8 Å². The fraction of sp³-hybridized carbons (Fsp3) is 0.286. The Hall–Kier alpha value is -3.76. The summed E-state index contributed by atoms with van der Waals surface area (Å²) in [6, 6.07) is 8.68. The average molecular weight is 448 g/mol. The molecule has 11 heteroatoms. The van der Waals surface area contributed by atoms with Gasteiger partial charge in [-0.15, -0.1) is 5.10 Å². The number of hydrogen-bond acceptors (Lipinski definition) is 6. The first-order valence-electron chi connectivity index (χ1n) is 9.55. The number of amides is 1. The maximum absolute atomic E-state index is 13.4. The lowest BCUT2D eigenvalue weighted by Gasteiger charge is -2.22. The van der Waals surface area contributed by atoms with Crippen LogP contribution in [0.4, 0.5) is 19.0 Å².